The Morgan fingerprint density at radius 2 is 1.73 bits per heavy atom. The summed E-state index contributed by atoms with van der Waals surface area (Å²) in [6.07, 6.45) is -8.45. The van der Waals surface area contributed by atoms with Gasteiger partial charge in [0.25, 0.3) is 0 Å². The number of hydrogen-bond donors (Lipinski definition) is 9. The average Bonchev–Trinajstić information content (AvgIpc) is 2.45. The van der Waals surface area contributed by atoms with E-state index >= 15 is 0 Å². The lowest BCUT2D eigenvalue weighted by Crippen LogP contribution is -2.97. The van der Waals surface area contributed by atoms with Crippen LogP contribution >= 0.6 is 0 Å². The summed E-state index contributed by atoms with van der Waals surface area (Å²) in [5, 5.41) is 67.2. The Kier molecular flexibility index (Phi) is 2.85. The average molecular weight is 321 g/mol. The van der Waals surface area contributed by atoms with E-state index in [9.17, 15) is 30.6 Å². The quantitative estimate of drug-likeness (QED) is 0.223. The summed E-state index contributed by atoms with van der Waals surface area (Å²) in [7, 11) is 0. The Labute approximate surface area is 124 Å². The van der Waals surface area contributed by atoms with E-state index in [1.165, 1.54) is 0 Å². The fraction of sp³-hybridized carbons (Fsp3) is 1.00. The second kappa shape index (κ2) is 4.15. The van der Waals surface area contributed by atoms with Crippen molar-refractivity contribution >= 4 is 0 Å². The zero-order valence-corrected chi connectivity index (χ0v) is 11.3. The van der Waals surface area contributed by atoms with Crippen molar-refractivity contribution in [3.05, 3.63) is 0 Å². The molecule has 0 aromatic heterocycles. The molecular formula is C11H19N3O8. The van der Waals surface area contributed by atoms with Crippen LogP contribution in [0.3, 0.4) is 0 Å². The molecule has 11 nitrogen and oxygen atoms in total. The van der Waals surface area contributed by atoms with Crippen molar-refractivity contribution in [1.29, 1.82) is 0 Å². The molecule has 4 heterocycles. The molecular weight excluding hydrogens is 302 g/mol. The topological polar surface area (TPSA) is 190 Å². The van der Waals surface area contributed by atoms with Crippen LogP contribution in [0.4, 0.5) is 0 Å². The maximum absolute atomic E-state index is 10.6. The van der Waals surface area contributed by atoms with Crippen molar-refractivity contribution < 1.29 is 40.1 Å². The SMILES string of the molecule is NC1N[C@H](O)[C@H]2[C@H]3O[C@]4(O)O[C@@H]([C@@H](O)[C@@]2(N1)[C@@H]4O)[C@]3(O)CO. The molecule has 4 aliphatic heterocycles. The molecule has 10 atom stereocenters. The number of aliphatic hydroxyl groups excluding tert-OH is 4. The highest BCUT2D eigenvalue weighted by Gasteiger charge is 2.82. The third-order valence-electron chi connectivity index (χ3n) is 5.38. The zero-order chi connectivity index (χ0) is 16.1. The van der Waals surface area contributed by atoms with Gasteiger partial charge in [0.1, 0.15) is 36.4 Å². The van der Waals surface area contributed by atoms with Gasteiger partial charge in [-0.05, 0) is 0 Å². The van der Waals surface area contributed by atoms with Crippen molar-refractivity contribution in [2.45, 2.75) is 54.0 Å². The van der Waals surface area contributed by atoms with Crippen molar-refractivity contribution in [2.75, 3.05) is 6.61 Å². The highest BCUT2D eigenvalue weighted by molar-refractivity contribution is 5.29. The fourth-order valence-electron chi connectivity index (χ4n) is 4.42. The van der Waals surface area contributed by atoms with Crippen LogP contribution in [-0.2, 0) is 9.47 Å². The highest BCUT2D eigenvalue weighted by Crippen LogP contribution is 2.58. The minimum absolute atomic E-state index is 0.836. The molecule has 0 amide bonds. The molecule has 0 radical (unpaired) electrons. The lowest BCUT2D eigenvalue weighted by atomic mass is 9.55. The predicted octanol–water partition coefficient (Wildman–Crippen LogP) is -6.00. The van der Waals surface area contributed by atoms with E-state index in [0.29, 0.717) is 0 Å². The summed E-state index contributed by atoms with van der Waals surface area (Å²) < 4.78 is 10.3. The largest absolute Gasteiger partial charge is 0.393 e. The van der Waals surface area contributed by atoms with Gasteiger partial charge in [-0.2, -0.15) is 0 Å². The highest BCUT2D eigenvalue weighted by atomic mass is 16.9. The van der Waals surface area contributed by atoms with E-state index in [2.05, 4.69) is 10.6 Å². The Morgan fingerprint density at radius 3 is 2.36 bits per heavy atom. The molecule has 10 N–H and O–H groups in total. The van der Waals surface area contributed by atoms with Gasteiger partial charge in [0.2, 0.25) is 0 Å². The second-order valence-corrected chi connectivity index (χ2v) is 6.40. The molecule has 4 saturated heterocycles. The van der Waals surface area contributed by atoms with E-state index in [-0.39, 0.29) is 0 Å². The predicted molar refractivity (Wildman–Crippen MR) is 65.2 cm³/mol. The van der Waals surface area contributed by atoms with E-state index in [4.69, 9.17) is 15.2 Å². The van der Waals surface area contributed by atoms with Gasteiger partial charge >= 0.3 is 5.97 Å². The van der Waals surface area contributed by atoms with Crippen LogP contribution in [0.2, 0.25) is 0 Å². The van der Waals surface area contributed by atoms with Crippen LogP contribution < -0.4 is 16.4 Å². The van der Waals surface area contributed by atoms with Gasteiger partial charge in [0.05, 0.1) is 18.1 Å². The van der Waals surface area contributed by atoms with Crippen molar-refractivity contribution in [3.63, 3.8) is 0 Å². The molecule has 5 fully saturated rings. The number of hydrogen-bond acceptors (Lipinski definition) is 11. The normalized spacial score (nSPS) is 66.4. The van der Waals surface area contributed by atoms with Gasteiger partial charge in [-0.1, -0.05) is 0 Å². The maximum Gasteiger partial charge on any atom is 0.310 e. The number of nitrogens with one attached hydrogen (secondary N) is 2. The van der Waals surface area contributed by atoms with Crippen LogP contribution in [0, 0.1) is 5.92 Å². The minimum atomic E-state index is -2.49. The summed E-state index contributed by atoms with van der Waals surface area (Å²) in [5.74, 6) is -3.59. The number of ether oxygens (including phenoxy) is 2. The summed E-state index contributed by atoms with van der Waals surface area (Å²) in [5.41, 5.74) is 1.97. The number of aliphatic hydroxyl groups is 6. The van der Waals surface area contributed by atoms with Crippen LogP contribution in [0.5, 0.6) is 0 Å². The monoisotopic (exact) mass is 321 g/mol. The molecule has 5 aliphatic rings. The Balaban J connectivity index is 1.91. The lowest BCUT2D eigenvalue weighted by molar-refractivity contribution is -0.552. The summed E-state index contributed by atoms with van der Waals surface area (Å²) in [6, 6.07) is 0. The second-order valence-electron chi connectivity index (χ2n) is 6.40. The van der Waals surface area contributed by atoms with E-state index in [1.54, 1.807) is 0 Å². The van der Waals surface area contributed by atoms with E-state index in [1.807, 2.05) is 0 Å². The first-order chi connectivity index (χ1) is 10.2. The molecule has 1 aliphatic carbocycles. The standard InChI is InChI=1S/C11H19N3O8/c12-8-13-6(17)2-4-9(19,1-15)5-3(16)10(2,14-8)7(18)11(20,21-4)22-5/h2-8,13-20H,1,12H2/t2-,3-,4-,5+,6-,7+,8?,9+,10-,11+/m1/s1. The molecule has 1 unspecified atom stereocenters. The first-order valence-electron chi connectivity index (χ1n) is 6.95. The summed E-state index contributed by atoms with van der Waals surface area (Å²) in [6.45, 7) is -0.836. The summed E-state index contributed by atoms with van der Waals surface area (Å²) in [4.78, 5) is 0. The first kappa shape index (κ1) is 15.1. The minimum Gasteiger partial charge on any atom is -0.393 e. The summed E-state index contributed by atoms with van der Waals surface area (Å²) >= 11 is 0. The van der Waals surface area contributed by atoms with Gasteiger partial charge in [0.15, 0.2) is 6.10 Å². The third-order valence-corrected chi connectivity index (χ3v) is 5.38. The molecule has 126 valence electrons. The van der Waals surface area contributed by atoms with Gasteiger partial charge in [-0.25, -0.2) is 0 Å². The van der Waals surface area contributed by atoms with Gasteiger partial charge in [-0.3, -0.25) is 10.6 Å². The maximum atomic E-state index is 10.6. The fourth-order valence-corrected chi connectivity index (χ4v) is 4.42. The van der Waals surface area contributed by atoms with Gasteiger partial charge in [-0.15, -0.1) is 0 Å². The molecule has 0 aromatic rings. The van der Waals surface area contributed by atoms with Crippen LogP contribution in [-0.4, -0.2) is 91.3 Å². The van der Waals surface area contributed by atoms with Crippen molar-refractivity contribution in [2.24, 2.45) is 11.7 Å². The zero-order valence-electron chi connectivity index (χ0n) is 11.3. The van der Waals surface area contributed by atoms with Gasteiger partial charge in [0, 0.05) is 0 Å². The molecule has 1 saturated carbocycles. The van der Waals surface area contributed by atoms with Crippen LogP contribution in [0.1, 0.15) is 0 Å². The molecule has 11 heteroatoms. The third kappa shape index (κ3) is 1.39. The molecule has 5 rings (SSSR count). The lowest BCUT2D eigenvalue weighted by Gasteiger charge is -2.72. The smallest absolute Gasteiger partial charge is 0.310 e. The van der Waals surface area contributed by atoms with Crippen LogP contribution in [0.15, 0.2) is 0 Å². The van der Waals surface area contributed by atoms with E-state index < -0.39 is 66.6 Å². The van der Waals surface area contributed by atoms with Crippen LogP contribution in [0.25, 0.3) is 0 Å². The Bertz CT molecular complexity index is 512. The molecule has 4 bridgehead atoms. The molecule has 0 aromatic carbocycles. The van der Waals surface area contributed by atoms with E-state index in [0.717, 1.165) is 0 Å². The van der Waals surface area contributed by atoms with Crippen molar-refractivity contribution in [3.8, 4) is 0 Å². The Morgan fingerprint density at radius 1 is 1.09 bits per heavy atom. The van der Waals surface area contributed by atoms with Crippen molar-refractivity contribution in [1.82, 2.24) is 10.6 Å². The van der Waals surface area contributed by atoms with Gasteiger partial charge < -0.3 is 45.8 Å². The molecule has 22 heavy (non-hydrogen) atoms. The Hall–Kier alpha value is -0.440. The number of rotatable bonds is 1. The number of nitrogens with two attached hydrogens (primary N) is 1. The first-order valence-corrected chi connectivity index (χ1v) is 6.95. The molecule has 1 spiro atoms.